The van der Waals surface area contributed by atoms with Crippen LogP contribution in [0.5, 0.6) is 0 Å². The fourth-order valence-electron chi connectivity index (χ4n) is 1.77. The lowest BCUT2D eigenvalue weighted by Crippen LogP contribution is -2.30. The van der Waals surface area contributed by atoms with Crippen LogP contribution >= 0.6 is 11.3 Å². The lowest BCUT2D eigenvalue weighted by atomic mass is 10.3. The molecule has 3 N–H and O–H groups in total. The third-order valence-electron chi connectivity index (χ3n) is 2.99. The van der Waals surface area contributed by atoms with Crippen molar-refractivity contribution in [3.05, 3.63) is 33.9 Å². The monoisotopic (exact) mass is 308 g/mol. The van der Waals surface area contributed by atoms with E-state index >= 15 is 0 Å². The summed E-state index contributed by atoms with van der Waals surface area (Å²) in [5.74, 6) is 0.417. The van der Waals surface area contributed by atoms with Crippen molar-refractivity contribution < 1.29 is 4.79 Å². The van der Waals surface area contributed by atoms with E-state index in [0.717, 1.165) is 6.42 Å². The highest BCUT2D eigenvalue weighted by Crippen LogP contribution is 2.09. The number of aryl methyl sites for hydroxylation is 1. The van der Waals surface area contributed by atoms with Crippen LogP contribution in [-0.2, 0) is 11.2 Å². The minimum absolute atomic E-state index is 0.0281. The van der Waals surface area contributed by atoms with E-state index in [0.29, 0.717) is 24.5 Å². The van der Waals surface area contributed by atoms with E-state index in [1.807, 2.05) is 18.3 Å². The van der Waals surface area contributed by atoms with Crippen LogP contribution < -0.4 is 11.1 Å². The number of nitrogens with one attached hydrogen (secondary N) is 1. The Labute approximate surface area is 130 Å². The van der Waals surface area contributed by atoms with E-state index in [2.05, 4.69) is 34.7 Å². The van der Waals surface area contributed by atoms with Crippen LogP contribution in [0.15, 0.2) is 34.0 Å². The molecule has 21 heavy (non-hydrogen) atoms. The molecule has 0 saturated heterocycles. The number of carbonyl (C=O) groups excluding carboxylic acids is 1. The van der Waals surface area contributed by atoms with Gasteiger partial charge < -0.3 is 16.0 Å². The van der Waals surface area contributed by atoms with Crippen LogP contribution in [0.25, 0.3) is 0 Å². The molecule has 1 amide bonds. The molecule has 2 heterocycles. The molecule has 0 saturated carbocycles. The van der Waals surface area contributed by atoms with Crippen molar-refractivity contribution in [1.82, 2.24) is 10.2 Å². The van der Waals surface area contributed by atoms with Crippen molar-refractivity contribution in [2.45, 2.75) is 33.1 Å². The molecule has 0 spiro atoms. The van der Waals surface area contributed by atoms with Crippen molar-refractivity contribution in [2.24, 2.45) is 10.7 Å². The highest BCUT2D eigenvalue weighted by molar-refractivity contribution is 7.09. The van der Waals surface area contributed by atoms with Gasteiger partial charge in [0.2, 0.25) is 5.91 Å². The van der Waals surface area contributed by atoms with E-state index in [4.69, 9.17) is 5.73 Å². The standard InChI is InChI=1S/C9H16N4O.C6H8S/c1-3-4-13-6-12-9(10)7(11-2)5-8(13)14;1-2-6-4-3-5-7-6/h6,11H,3-5,10H2,1-2H3;3-5H,2H2,1H3. The lowest BCUT2D eigenvalue weighted by molar-refractivity contribution is -0.126. The first-order chi connectivity index (χ1) is 10.1. The zero-order chi connectivity index (χ0) is 15.7. The molecule has 0 aliphatic carbocycles. The Morgan fingerprint density at radius 2 is 2.24 bits per heavy atom. The van der Waals surface area contributed by atoms with Gasteiger partial charge in [0.15, 0.2) is 0 Å². The van der Waals surface area contributed by atoms with Gasteiger partial charge in [-0.15, -0.1) is 11.3 Å². The molecule has 1 aliphatic rings. The summed E-state index contributed by atoms with van der Waals surface area (Å²) in [7, 11) is 1.74. The third-order valence-corrected chi connectivity index (χ3v) is 4.01. The second kappa shape index (κ2) is 9.18. The van der Waals surface area contributed by atoms with Crippen LogP contribution in [0.2, 0.25) is 0 Å². The zero-order valence-corrected chi connectivity index (χ0v) is 13.7. The predicted molar refractivity (Wildman–Crippen MR) is 89.1 cm³/mol. The van der Waals surface area contributed by atoms with Gasteiger partial charge in [0.05, 0.1) is 18.5 Å². The molecule has 2 rings (SSSR count). The van der Waals surface area contributed by atoms with Gasteiger partial charge >= 0.3 is 0 Å². The zero-order valence-electron chi connectivity index (χ0n) is 12.9. The van der Waals surface area contributed by atoms with Gasteiger partial charge in [0.1, 0.15) is 5.82 Å². The average molecular weight is 308 g/mol. The van der Waals surface area contributed by atoms with Crippen LogP contribution in [0.1, 0.15) is 31.6 Å². The summed E-state index contributed by atoms with van der Waals surface area (Å²) in [4.78, 5) is 18.7. The summed E-state index contributed by atoms with van der Waals surface area (Å²) in [6.45, 7) is 4.88. The number of carbonyl (C=O) groups is 1. The molecule has 1 aromatic heterocycles. The first-order valence-corrected chi connectivity index (χ1v) is 8.02. The predicted octanol–water partition coefficient (Wildman–Crippen LogP) is 2.31. The summed E-state index contributed by atoms with van der Waals surface area (Å²) in [6, 6.07) is 4.24. The summed E-state index contributed by atoms with van der Waals surface area (Å²) in [6.07, 6.45) is 3.89. The molecule has 0 bridgehead atoms. The Bertz CT molecular complexity index is 494. The highest BCUT2D eigenvalue weighted by Gasteiger charge is 2.17. The van der Waals surface area contributed by atoms with E-state index < -0.39 is 0 Å². The molecule has 0 atom stereocenters. The normalized spacial score (nSPS) is 14.6. The first kappa shape index (κ1) is 17.2. The molecule has 116 valence electrons. The third kappa shape index (κ3) is 5.59. The molecule has 0 radical (unpaired) electrons. The second-order valence-corrected chi connectivity index (χ2v) is 5.59. The fourth-order valence-corrected chi connectivity index (χ4v) is 2.43. The van der Waals surface area contributed by atoms with Crippen molar-refractivity contribution in [3.8, 4) is 0 Å². The maximum absolute atomic E-state index is 11.6. The Morgan fingerprint density at radius 1 is 1.48 bits per heavy atom. The number of hydrogen-bond acceptors (Lipinski definition) is 5. The molecule has 5 nitrogen and oxygen atoms in total. The molecular weight excluding hydrogens is 284 g/mol. The molecule has 1 aliphatic heterocycles. The maximum Gasteiger partial charge on any atom is 0.233 e. The number of rotatable bonds is 4. The van der Waals surface area contributed by atoms with Crippen LogP contribution in [0, 0.1) is 0 Å². The number of aliphatic imine (C=N–C) groups is 1. The largest absolute Gasteiger partial charge is 0.388 e. The molecule has 0 fully saturated rings. The number of nitrogens with two attached hydrogens (primary N) is 1. The van der Waals surface area contributed by atoms with Crippen molar-refractivity contribution in [2.75, 3.05) is 13.6 Å². The summed E-state index contributed by atoms with van der Waals surface area (Å²) >= 11 is 1.82. The molecule has 1 aromatic rings. The van der Waals surface area contributed by atoms with Crippen molar-refractivity contribution >= 4 is 23.6 Å². The topological polar surface area (TPSA) is 70.7 Å². The molecular formula is C15H24N4OS. The first-order valence-electron chi connectivity index (χ1n) is 7.14. The smallest absolute Gasteiger partial charge is 0.233 e. The van der Waals surface area contributed by atoms with Gasteiger partial charge in [-0.25, -0.2) is 4.99 Å². The van der Waals surface area contributed by atoms with Gasteiger partial charge in [-0.3, -0.25) is 4.79 Å². The highest BCUT2D eigenvalue weighted by atomic mass is 32.1. The van der Waals surface area contributed by atoms with Gasteiger partial charge in [0.25, 0.3) is 0 Å². The van der Waals surface area contributed by atoms with Gasteiger partial charge in [-0.2, -0.15) is 0 Å². The fraction of sp³-hybridized carbons (Fsp3) is 0.467. The van der Waals surface area contributed by atoms with Gasteiger partial charge in [-0.1, -0.05) is 19.9 Å². The van der Waals surface area contributed by atoms with E-state index in [1.165, 1.54) is 17.6 Å². The SMILES string of the molecule is CCCN1C=NC(N)=C(NC)CC1=O.CCc1cccs1. The Balaban J connectivity index is 0.000000262. The van der Waals surface area contributed by atoms with Crippen LogP contribution in [0.3, 0.4) is 0 Å². The maximum atomic E-state index is 11.6. The Morgan fingerprint density at radius 3 is 2.71 bits per heavy atom. The van der Waals surface area contributed by atoms with E-state index in [9.17, 15) is 4.79 Å². The van der Waals surface area contributed by atoms with Crippen molar-refractivity contribution in [1.29, 1.82) is 0 Å². The van der Waals surface area contributed by atoms with Crippen molar-refractivity contribution in [3.63, 3.8) is 0 Å². The van der Waals surface area contributed by atoms with Crippen LogP contribution in [0.4, 0.5) is 0 Å². The van der Waals surface area contributed by atoms with E-state index in [-0.39, 0.29) is 5.91 Å². The minimum atomic E-state index is 0.0281. The lowest BCUT2D eigenvalue weighted by Gasteiger charge is -2.14. The number of hydrogen-bond donors (Lipinski definition) is 2. The molecule has 0 unspecified atom stereocenters. The van der Waals surface area contributed by atoms with Gasteiger partial charge in [0, 0.05) is 18.5 Å². The molecule has 6 heteroatoms. The summed E-state index contributed by atoms with van der Waals surface area (Å²) < 4.78 is 0. The minimum Gasteiger partial charge on any atom is -0.388 e. The Kier molecular flexibility index (Phi) is 7.53. The van der Waals surface area contributed by atoms with Gasteiger partial charge in [-0.05, 0) is 24.3 Å². The summed E-state index contributed by atoms with van der Waals surface area (Å²) in [5.41, 5.74) is 6.34. The summed E-state index contributed by atoms with van der Waals surface area (Å²) in [5, 5.41) is 4.99. The Hall–Kier alpha value is -1.82. The van der Waals surface area contributed by atoms with Crippen LogP contribution in [-0.4, -0.2) is 30.7 Å². The number of thiophene rings is 1. The quantitative estimate of drug-likeness (QED) is 0.896. The second-order valence-electron chi connectivity index (χ2n) is 4.56. The number of amides is 1. The molecule has 0 aromatic carbocycles. The average Bonchev–Trinajstić information content (AvgIpc) is 2.98. The van der Waals surface area contributed by atoms with E-state index in [1.54, 1.807) is 11.9 Å². The number of nitrogens with zero attached hydrogens (tertiary/aromatic N) is 2.